The monoisotopic (exact) mass is 598 g/mol. The van der Waals surface area contributed by atoms with Gasteiger partial charge < -0.3 is 36.7 Å². The summed E-state index contributed by atoms with van der Waals surface area (Å²) in [6, 6.07) is 13.7. The molecule has 0 bridgehead atoms. The van der Waals surface area contributed by atoms with E-state index in [4.69, 9.17) is 36.7 Å². The SMILES string of the molecule is C[Si](C)(CCCOC[C@@H]1CO1)O[Si](CCCOC[C@H]1CO1)(O[Si](C)(C)CCCOC[C@H]1CO1)c1ccccc1. The minimum absolute atomic E-state index is 0.286. The maximum absolute atomic E-state index is 7.38. The van der Waals surface area contributed by atoms with Gasteiger partial charge in [0.05, 0.1) is 39.6 Å². The van der Waals surface area contributed by atoms with Crippen molar-refractivity contribution in [1.29, 1.82) is 0 Å². The van der Waals surface area contributed by atoms with Gasteiger partial charge in [0.15, 0.2) is 16.6 Å². The van der Waals surface area contributed by atoms with E-state index in [1.165, 1.54) is 5.19 Å². The van der Waals surface area contributed by atoms with Crippen LogP contribution in [0.15, 0.2) is 30.3 Å². The lowest BCUT2D eigenvalue weighted by atomic mass is 10.4. The normalized spacial score (nSPS) is 23.9. The molecule has 0 spiro atoms. The number of hydrogen-bond donors (Lipinski definition) is 0. The molecule has 3 saturated heterocycles. The van der Waals surface area contributed by atoms with Crippen LogP contribution in [-0.2, 0) is 36.7 Å². The molecule has 1 aromatic rings. The highest BCUT2D eigenvalue weighted by Crippen LogP contribution is 2.30. The van der Waals surface area contributed by atoms with Gasteiger partial charge in [0, 0.05) is 19.8 Å². The van der Waals surface area contributed by atoms with Gasteiger partial charge in [-0.15, -0.1) is 0 Å². The third kappa shape index (κ3) is 12.5. The molecule has 1 aromatic carbocycles. The van der Waals surface area contributed by atoms with Crippen LogP contribution in [0.4, 0.5) is 0 Å². The molecule has 4 atom stereocenters. The van der Waals surface area contributed by atoms with E-state index < -0.39 is 25.2 Å². The van der Waals surface area contributed by atoms with Crippen LogP contribution in [0.1, 0.15) is 19.3 Å². The second-order valence-corrected chi connectivity index (χ2v) is 24.5. The lowest BCUT2D eigenvalue weighted by Gasteiger charge is -2.43. The number of hydrogen-bond acceptors (Lipinski definition) is 8. The molecule has 4 rings (SSSR count). The van der Waals surface area contributed by atoms with Gasteiger partial charge in [0.1, 0.15) is 18.3 Å². The van der Waals surface area contributed by atoms with E-state index in [9.17, 15) is 0 Å². The number of ether oxygens (including phenoxy) is 6. The fourth-order valence-corrected chi connectivity index (χ4v) is 18.7. The summed E-state index contributed by atoms with van der Waals surface area (Å²) >= 11 is 0. The van der Waals surface area contributed by atoms with Crippen molar-refractivity contribution in [3.8, 4) is 0 Å². The molecule has 39 heavy (non-hydrogen) atoms. The van der Waals surface area contributed by atoms with Gasteiger partial charge in [-0.3, -0.25) is 0 Å². The first-order valence-corrected chi connectivity index (χ1v) is 23.0. The van der Waals surface area contributed by atoms with Crippen LogP contribution in [0, 0.1) is 0 Å². The summed E-state index contributed by atoms with van der Waals surface area (Å²) in [5.41, 5.74) is 0. The van der Waals surface area contributed by atoms with Crippen LogP contribution in [-0.4, -0.2) is 103 Å². The summed E-state index contributed by atoms with van der Waals surface area (Å²) in [6.07, 6.45) is 3.82. The maximum atomic E-state index is 7.38. The molecule has 3 aliphatic heterocycles. The standard InChI is InChI=1S/C28H50O8Si3/c1-37(2,16-8-13-29-19-25-22-32-25)35-39(28-11-6-5-7-12-28,18-10-15-31-21-27-24-34-27)36-38(3,4)17-9-14-30-20-26-23-33-26/h5-7,11-12,25-27H,8-10,13-24H2,1-4H3/t25-,26+,27-,39?/m0/s1. The Labute approximate surface area is 238 Å². The fourth-order valence-electron chi connectivity index (χ4n) is 4.82. The molecule has 0 N–H and O–H groups in total. The van der Waals surface area contributed by atoms with Crippen LogP contribution >= 0.6 is 0 Å². The minimum Gasteiger partial charge on any atom is -0.433 e. The van der Waals surface area contributed by atoms with Crippen molar-refractivity contribution in [2.45, 2.75) is 81.9 Å². The first kappa shape index (κ1) is 31.5. The first-order valence-electron chi connectivity index (χ1n) is 14.8. The third-order valence-corrected chi connectivity index (χ3v) is 19.5. The molecule has 3 aliphatic rings. The Morgan fingerprint density at radius 2 is 1.00 bits per heavy atom. The molecule has 0 aliphatic carbocycles. The molecule has 3 heterocycles. The van der Waals surface area contributed by atoms with Crippen molar-refractivity contribution in [2.75, 3.05) is 59.5 Å². The van der Waals surface area contributed by atoms with E-state index in [0.29, 0.717) is 38.6 Å². The highest BCUT2D eigenvalue weighted by Gasteiger charge is 2.48. The first-order chi connectivity index (χ1) is 18.8. The third-order valence-electron chi connectivity index (χ3n) is 7.14. The van der Waals surface area contributed by atoms with Crippen molar-refractivity contribution in [2.24, 2.45) is 0 Å². The van der Waals surface area contributed by atoms with Gasteiger partial charge in [-0.2, -0.15) is 0 Å². The Morgan fingerprint density at radius 3 is 1.38 bits per heavy atom. The molecule has 222 valence electrons. The van der Waals surface area contributed by atoms with E-state index >= 15 is 0 Å². The summed E-state index contributed by atoms with van der Waals surface area (Å²) in [4.78, 5) is 0. The molecular formula is C28H50O8Si3. The summed E-state index contributed by atoms with van der Waals surface area (Å²) in [7, 11) is -6.89. The number of rotatable bonds is 23. The number of epoxide rings is 3. The Hall–Kier alpha value is -0.449. The molecule has 0 saturated carbocycles. The largest absolute Gasteiger partial charge is 0.433 e. The Kier molecular flexibility index (Phi) is 12.2. The van der Waals surface area contributed by atoms with Gasteiger partial charge in [-0.25, -0.2) is 0 Å². The average molecular weight is 599 g/mol. The van der Waals surface area contributed by atoms with E-state index in [0.717, 1.165) is 70.4 Å². The zero-order chi connectivity index (χ0) is 27.6. The second-order valence-electron chi connectivity index (χ2n) is 12.2. The van der Waals surface area contributed by atoms with Crippen LogP contribution < -0.4 is 5.19 Å². The quantitative estimate of drug-likeness (QED) is 0.105. The van der Waals surface area contributed by atoms with Gasteiger partial charge in [-0.1, -0.05) is 30.3 Å². The summed E-state index contributed by atoms with van der Waals surface area (Å²) in [6.45, 7) is 16.2. The second kappa shape index (κ2) is 15.1. The molecule has 3 fully saturated rings. The van der Waals surface area contributed by atoms with Gasteiger partial charge in [0.2, 0.25) is 0 Å². The summed E-state index contributed by atoms with van der Waals surface area (Å²) in [5.74, 6) is 0. The fraction of sp³-hybridized carbons (Fsp3) is 0.786. The van der Waals surface area contributed by atoms with Crippen LogP contribution in [0.5, 0.6) is 0 Å². The highest BCUT2D eigenvalue weighted by molar-refractivity contribution is 6.95. The molecular weight excluding hydrogens is 549 g/mol. The molecule has 0 amide bonds. The van der Waals surface area contributed by atoms with Crippen molar-refractivity contribution in [1.82, 2.24) is 0 Å². The molecule has 1 unspecified atom stereocenters. The lowest BCUT2D eigenvalue weighted by Crippen LogP contribution is -2.63. The highest BCUT2D eigenvalue weighted by atomic mass is 28.5. The maximum Gasteiger partial charge on any atom is 0.352 e. The number of benzene rings is 1. The average Bonchev–Trinajstić information content (AvgIpc) is 3.73. The molecule has 0 aromatic heterocycles. The predicted octanol–water partition coefficient (Wildman–Crippen LogP) is 4.20. The zero-order valence-electron chi connectivity index (χ0n) is 24.5. The Balaban J connectivity index is 1.40. The van der Waals surface area contributed by atoms with Crippen molar-refractivity contribution >= 4 is 30.4 Å². The molecule has 0 radical (unpaired) electrons. The lowest BCUT2D eigenvalue weighted by molar-refractivity contribution is 0.115. The van der Waals surface area contributed by atoms with E-state index in [1.807, 2.05) is 0 Å². The molecule has 8 nitrogen and oxygen atoms in total. The Bertz CT molecular complexity index is 795. The zero-order valence-corrected chi connectivity index (χ0v) is 27.5. The van der Waals surface area contributed by atoms with Crippen molar-refractivity contribution < 1.29 is 36.7 Å². The van der Waals surface area contributed by atoms with E-state index in [2.05, 4.69) is 56.5 Å². The van der Waals surface area contributed by atoms with Gasteiger partial charge in [-0.05, 0) is 68.8 Å². The van der Waals surface area contributed by atoms with Crippen LogP contribution in [0.3, 0.4) is 0 Å². The van der Waals surface area contributed by atoms with Crippen molar-refractivity contribution in [3.63, 3.8) is 0 Å². The van der Waals surface area contributed by atoms with Gasteiger partial charge in [0.25, 0.3) is 0 Å². The van der Waals surface area contributed by atoms with Crippen LogP contribution in [0.2, 0.25) is 44.3 Å². The van der Waals surface area contributed by atoms with E-state index in [-0.39, 0.29) is 6.10 Å². The summed E-state index contributed by atoms with van der Waals surface area (Å²) < 4.78 is 48.2. The topological polar surface area (TPSA) is 83.7 Å². The van der Waals surface area contributed by atoms with E-state index in [1.54, 1.807) is 0 Å². The minimum atomic E-state index is -2.77. The Morgan fingerprint density at radius 1 is 0.615 bits per heavy atom. The smallest absolute Gasteiger partial charge is 0.352 e. The van der Waals surface area contributed by atoms with Crippen LogP contribution in [0.25, 0.3) is 0 Å². The van der Waals surface area contributed by atoms with Crippen molar-refractivity contribution in [3.05, 3.63) is 30.3 Å². The predicted molar refractivity (Wildman–Crippen MR) is 159 cm³/mol. The molecule has 11 heteroatoms. The van der Waals surface area contributed by atoms with Gasteiger partial charge >= 0.3 is 8.56 Å². The summed E-state index contributed by atoms with van der Waals surface area (Å²) in [5, 5.41) is 1.24.